The molecule has 0 saturated carbocycles. The van der Waals surface area contributed by atoms with E-state index in [-0.39, 0.29) is 11.4 Å². The molecule has 0 aliphatic heterocycles. The molecule has 0 aliphatic carbocycles. The SMILES string of the molecule is CC(O)C(C)Sc1nccc2c1ncn2C. The molecule has 0 fully saturated rings. The molecule has 86 valence electrons. The Morgan fingerprint density at radius 3 is 2.81 bits per heavy atom. The molecule has 0 saturated heterocycles. The minimum atomic E-state index is -0.356. The first kappa shape index (κ1) is 11.4. The lowest BCUT2D eigenvalue weighted by atomic mass is 10.3. The Morgan fingerprint density at radius 1 is 1.38 bits per heavy atom. The summed E-state index contributed by atoms with van der Waals surface area (Å²) in [7, 11) is 1.96. The maximum absolute atomic E-state index is 9.49. The average molecular weight is 237 g/mol. The van der Waals surface area contributed by atoms with E-state index in [1.54, 1.807) is 31.2 Å². The predicted molar refractivity (Wildman–Crippen MR) is 65.5 cm³/mol. The van der Waals surface area contributed by atoms with E-state index in [1.165, 1.54) is 0 Å². The molecule has 2 unspecified atom stereocenters. The molecule has 0 radical (unpaired) electrons. The molecule has 4 nitrogen and oxygen atoms in total. The number of hydrogen-bond acceptors (Lipinski definition) is 4. The normalized spacial score (nSPS) is 15.2. The lowest BCUT2D eigenvalue weighted by molar-refractivity contribution is 0.196. The molecule has 1 N–H and O–H groups in total. The first-order chi connectivity index (χ1) is 7.59. The van der Waals surface area contributed by atoms with Gasteiger partial charge in [0.1, 0.15) is 10.5 Å². The fourth-order valence-corrected chi connectivity index (χ4v) is 2.34. The molecule has 16 heavy (non-hydrogen) atoms. The van der Waals surface area contributed by atoms with Crippen LogP contribution in [-0.2, 0) is 7.05 Å². The summed E-state index contributed by atoms with van der Waals surface area (Å²) in [6.45, 7) is 3.77. The standard InChI is InChI=1S/C11H15N3OS/c1-7(15)8(2)16-11-10-9(4-5-12-11)14(3)6-13-10/h4-8,15H,1-3H3. The Balaban J connectivity index is 2.37. The zero-order valence-corrected chi connectivity index (χ0v) is 10.4. The highest BCUT2D eigenvalue weighted by Crippen LogP contribution is 2.28. The smallest absolute Gasteiger partial charge is 0.124 e. The molecule has 0 amide bonds. The molecule has 0 aliphatic rings. The van der Waals surface area contributed by atoms with Crippen LogP contribution in [0.2, 0.25) is 0 Å². The number of rotatable bonds is 3. The third-order valence-corrected chi connectivity index (χ3v) is 3.87. The van der Waals surface area contributed by atoms with Crippen molar-refractivity contribution in [1.82, 2.24) is 14.5 Å². The summed E-state index contributed by atoms with van der Waals surface area (Å²) in [5.41, 5.74) is 1.97. The third kappa shape index (κ3) is 2.05. The fourth-order valence-electron chi connectivity index (χ4n) is 1.40. The summed E-state index contributed by atoms with van der Waals surface area (Å²) in [5, 5.41) is 10.5. The molecular weight excluding hydrogens is 222 g/mol. The Hall–Kier alpha value is -1.07. The van der Waals surface area contributed by atoms with Gasteiger partial charge in [0.05, 0.1) is 17.9 Å². The maximum Gasteiger partial charge on any atom is 0.124 e. The molecule has 2 atom stereocenters. The molecule has 5 heteroatoms. The monoisotopic (exact) mass is 237 g/mol. The molecular formula is C11H15N3OS. The van der Waals surface area contributed by atoms with Crippen LogP contribution in [0.15, 0.2) is 23.6 Å². The van der Waals surface area contributed by atoms with Crippen molar-refractivity contribution < 1.29 is 5.11 Å². The number of aliphatic hydroxyl groups is 1. The zero-order chi connectivity index (χ0) is 11.7. The van der Waals surface area contributed by atoms with Crippen LogP contribution >= 0.6 is 11.8 Å². The minimum Gasteiger partial charge on any atom is -0.392 e. The van der Waals surface area contributed by atoms with Crippen LogP contribution in [0, 0.1) is 0 Å². The summed E-state index contributed by atoms with van der Waals surface area (Å²) in [6.07, 6.45) is 3.20. The Kier molecular flexibility index (Phi) is 3.16. The highest BCUT2D eigenvalue weighted by atomic mass is 32.2. The summed E-state index contributed by atoms with van der Waals surface area (Å²) < 4.78 is 1.97. The predicted octanol–water partition coefficient (Wildman–Crippen LogP) is 1.83. The fraction of sp³-hybridized carbons (Fsp3) is 0.455. The van der Waals surface area contributed by atoms with Crippen LogP contribution in [0.5, 0.6) is 0 Å². The van der Waals surface area contributed by atoms with E-state index >= 15 is 0 Å². The Bertz CT molecular complexity index is 495. The summed E-state index contributed by atoms with van der Waals surface area (Å²) in [5.74, 6) is 0. The quantitative estimate of drug-likeness (QED) is 0.827. The van der Waals surface area contributed by atoms with Crippen molar-refractivity contribution in [3.63, 3.8) is 0 Å². The van der Waals surface area contributed by atoms with Crippen LogP contribution in [0.25, 0.3) is 11.0 Å². The summed E-state index contributed by atoms with van der Waals surface area (Å²) in [6, 6.07) is 1.94. The molecule has 2 aromatic heterocycles. The lowest BCUT2D eigenvalue weighted by Crippen LogP contribution is -2.15. The molecule has 0 aromatic carbocycles. The van der Waals surface area contributed by atoms with Gasteiger partial charge in [-0.15, -0.1) is 0 Å². The van der Waals surface area contributed by atoms with Crippen LogP contribution in [0.1, 0.15) is 13.8 Å². The van der Waals surface area contributed by atoms with Crippen LogP contribution in [0.4, 0.5) is 0 Å². The van der Waals surface area contributed by atoms with E-state index in [0.29, 0.717) is 0 Å². The topological polar surface area (TPSA) is 50.9 Å². The summed E-state index contributed by atoms with van der Waals surface area (Å²) in [4.78, 5) is 8.65. The molecule has 2 heterocycles. The number of fused-ring (bicyclic) bond motifs is 1. The van der Waals surface area contributed by atoms with Gasteiger partial charge in [-0.1, -0.05) is 18.7 Å². The van der Waals surface area contributed by atoms with E-state index < -0.39 is 0 Å². The molecule has 0 spiro atoms. The van der Waals surface area contributed by atoms with Crippen molar-refractivity contribution in [2.45, 2.75) is 30.2 Å². The van der Waals surface area contributed by atoms with Gasteiger partial charge in [-0.25, -0.2) is 9.97 Å². The highest BCUT2D eigenvalue weighted by molar-refractivity contribution is 8.00. The van der Waals surface area contributed by atoms with E-state index in [9.17, 15) is 5.11 Å². The van der Waals surface area contributed by atoms with Gasteiger partial charge in [-0.2, -0.15) is 0 Å². The van der Waals surface area contributed by atoms with Gasteiger partial charge in [0.25, 0.3) is 0 Å². The van der Waals surface area contributed by atoms with Gasteiger partial charge in [0, 0.05) is 18.5 Å². The van der Waals surface area contributed by atoms with Gasteiger partial charge in [0.2, 0.25) is 0 Å². The van der Waals surface area contributed by atoms with Crippen molar-refractivity contribution in [3.8, 4) is 0 Å². The van der Waals surface area contributed by atoms with Crippen molar-refractivity contribution in [1.29, 1.82) is 0 Å². The number of nitrogens with zero attached hydrogens (tertiary/aromatic N) is 3. The van der Waals surface area contributed by atoms with E-state index in [1.807, 2.05) is 24.6 Å². The number of aryl methyl sites for hydroxylation is 1. The number of hydrogen-bond donors (Lipinski definition) is 1. The van der Waals surface area contributed by atoms with Gasteiger partial charge in [-0.05, 0) is 13.0 Å². The molecule has 2 aromatic rings. The van der Waals surface area contributed by atoms with Crippen molar-refractivity contribution in [2.24, 2.45) is 7.05 Å². The van der Waals surface area contributed by atoms with Gasteiger partial charge in [0.15, 0.2) is 0 Å². The maximum atomic E-state index is 9.49. The lowest BCUT2D eigenvalue weighted by Gasteiger charge is -2.13. The van der Waals surface area contributed by atoms with E-state index in [0.717, 1.165) is 16.1 Å². The van der Waals surface area contributed by atoms with Crippen LogP contribution in [-0.4, -0.2) is 31.0 Å². The van der Waals surface area contributed by atoms with Crippen LogP contribution < -0.4 is 0 Å². The highest BCUT2D eigenvalue weighted by Gasteiger charge is 2.14. The third-order valence-electron chi connectivity index (χ3n) is 2.59. The molecule has 2 rings (SSSR count). The number of pyridine rings is 1. The second-order valence-corrected chi connectivity index (χ2v) is 5.27. The molecule has 0 bridgehead atoms. The van der Waals surface area contributed by atoms with E-state index in [4.69, 9.17) is 0 Å². The minimum absolute atomic E-state index is 0.111. The van der Waals surface area contributed by atoms with Crippen molar-refractivity contribution >= 4 is 22.8 Å². The second-order valence-electron chi connectivity index (χ2n) is 3.90. The van der Waals surface area contributed by atoms with Gasteiger partial charge in [-0.3, -0.25) is 0 Å². The average Bonchev–Trinajstić information content (AvgIpc) is 2.62. The second kappa shape index (κ2) is 4.43. The first-order valence-corrected chi connectivity index (χ1v) is 6.08. The van der Waals surface area contributed by atoms with Gasteiger partial charge < -0.3 is 9.67 Å². The zero-order valence-electron chi connectivity index (χ0n) is 9.58. The summed E-state index contributed by atoms with van der Waals surface area (Å²) >= 11 is 1.56. The first-order valence-electron chi connectivity index (χ1n) is 5.20. The van der Waals surface area contributed by atoms with Gasteiger partial charge >= 0.3 is 0 Å². The van der Waals surface area contributed by atoms with Crippen molar-refractivity contribution in [2.75, 3.05) is 0 Å². The number of aromatic nitrogens is 3. The van der Waals surface area contributed by atoms with Crippen molar-refractivity contribution in [3.05, 3.63) is 18.6 Å². The number of aliphatic hydroxyl groups excluding tert-OH is 1. The number of imidazole rings is 1. The Morgan fingerprint density at radius 2 is 2.12 bits per heavy atom. The Labute approximate surface area is 98.7 Å². The largest absolute Gasteiger partial charge is 0.392 e. The van der Waals surface area contributed by atoms with Crippen LogP contribution in [0.3, 0.4) is 0 Å². The van der Waals surface area contributed by atoms with E-state index in [2.05, 4.69) is 9.97 Å². The number of thioether (sulfide) groups is 1.